The molecule has 1 aromatic carbocycles. The van der Waals surface area contributed by atoms with Crippen molar-refractivity contribution in [2.75, 3.05) is 25.0 Å². The number of hydrogen-bond donors (Lipinski definition) is 2. The highest BCUT2D eigenvalue weighted by Crippen LogP contribution is 2.07. The first-order valence-corrected chi connectivity index (χ1v) is 12.1. The van der Waals surface area contributed by atoms with Crippen LogP contribution in [0, 0.1) is 0 Å². The highest BCUT2D eigenvalue weighted by Gasteiger charge is 2.12. The molecule has 0 bridgehead atoms. The monoisotopic (exact) mass is 478 g/mol. The van der Waals surface area contributed by atoms with Gasteiger partial charge in [0.25, 0.3) is 5.56 Å². The Hall–Kier alpha value is -3.16. The number of hydrogen-bond acceptors (Lipinski definition) is 6. The molecule has 7 nitrogen and oxygen atoms in total. The molecule has 0 saturated carbocycles. The molecule has 2 N–H and O–H groups in total. The molecule has 34 heavy (non-hydrogen) atoms. The minimum atomic E-state index is -0.219. The molecule has 0 spiro atoms. The van der Waals surface area contributed by atoms with Crippen molar-refractivity contribution >= 4 is 29.7 Å². The second-order valence-corrected chi connectivity index (χ2v) is 8.74. The molecule has 3 aromatic rings. The Kier molecular flexibility index (Phi) is 7.98. The Bertz CT molecular complexity index is 1290. The van der Waals surface area contributed by atoms with Crippen molar-refractivity contribution < 1.29 is 0 Å². The van der Waals surface area contributed by atoms with Crippen LogP contribution < -0.4 is 26.6 Å². The second kappa shape index (κ2) is 11.3. The van der Waals surface area contributed by atoms with Gasteiger partial charge in [-0.15, -0.1) is 0 Å². The third-order valence-electron chi connectivity index (χ3n) is 6.06. The van der Waals surface area contributed by atoms with E-state index in [2.05, 4.69) is 69.8 Å². The van der Waals surface area contributed by atoms with E-state index < -0.39 is 0 Å². The third kappa shape index (κ3) is 5.66. The van der Waals surface area contributed by atoms with Gasteiger partial charge in [-0.3, -0.25) is 14.3 Å². The van der Waals surface area contributed by atoms with Gasteiger partial charge in [-0.1, -0.05) is 41.9 Å². The fourth-order valence-electron chi connectivity index (χ4n) is 4.18. The Morgan fingerprint density at radius 2 is 2.00 bits per heavy atom. The van der Waals surface area contributed by atoms with Crippen molar-refractivity contribution in [1.82, 2.24) is 24.8 Å². The Morgan fingerprint density at radius 1 is 1.12 bits per heavy atom. The van der Waals surface area contributed by atoms with Crippen LogP contribution in [0.5, 0.6) is 0 Å². The molecule has 1 aliphatic heterocycles. The van der Waals surface area contributed by atoms with Crippen molar-refractivity contribution in [3.05, 3.63) is 86.0 Å². The minimum Gasteiger partial charge on any atom is -0.371 e. The average molecular weight is 479 g/mol. The van der Waals surface area contributed by atoms with Crippen LogP contribution >= 0.6 is 11.6 Å². The van der Waals surface area contributed by atoms with Crippen LogP contribution in [0.3, 0.4) is 0 Å². The summed E-state index contributed by atoms with van der Waals surface area (Å²) in [4.78, 5) is 23.7. The van der Waals surface area contributed by atoms with E-state index in [1.807, 2.05) is 18.2 Å². The van der Waals surface area contributed by atoms with Gasteiger partial charge in [0.05, 0.1) is 6.20 Å². The average Bonchev–Trinajstić information content (AvgIpc) is 2.85. The number of anilines is 1. The maximum atomic E-state index is 12.9. The van der Waals surface area contributed by atoms with E-state index in [-0.39, 0.29) is 5.56 Å². The zero-order chi connectivity index (χ0) is 23.9. The fraction of sp³-hybridized carbons (Fsp3) is 0.346. The van der Waals surface area contributed by atoms with Crippen molar-refractivity contribution in [3.8, 4) is 0 Å². The molecule has 0 amide bonds. The molecule has 0 aliphatic carbocycles. The van der Waals surface area contributed by atoms with E-state index in [0.29, 0.717) is 43.1 Å². The Morgan fingerprint density at radius 3 is 2.79 bits per heavy atom. The van der Waals surface area contributed by atoms with E-state index >= 15 is 0 Å². The van der Waals surface area contributed by atoms with Gasteiger partial charge in [-0.05, 0) is 42.0 Å². The Labute approximate surface area is 204 Å². The van der Waals surface area contributed by atoms with Gasteiger partial charge in [-0.25, -0.2) is 4.98 Å². The van der Waals surface area contributed by atoms with Crippen LogP contribution in [0.1, 0.15) is 25.1 Å². The first kappa shape index (κ1) is 24.0. The third-order valence-corrected chi connectivity index (χ3v) is 6.37. The van der Waals surface area contributed by atoms with E-state index in [1.165, 1.54) is 22.2 Å². The first-order valence-electron chi connectivity index (χ1n) is 11.7. The lowest BCUT2D eigenvalue weighted by Crippen LogP contribution is -2.42. The molecule has 178 valence electrons. The van der Waals surface area contributed by atoms with Gasteiger partial charge in [0.15, 0.2) is 5.82 Å². The summed E-state index contributed by atoms with van der Waals surface area (Å²) in [6.45, 7) is 7.73. The van der Waals surface area contributed by atoms with E-state index in [9.17, 15) is 4.79 Å². The Balaban J connectivity index is 1.36. The quantitative estimate of drug-likeness (QED) is 0.434. The largest absolute Gasteiger partial charge is 0.371 e. The first-order chi connectivity index (χ1) is 16.6. The van der Waals surface area contributed by atoms with Crippen LogP contribution in [0.2, 0.25) is 5.15 Å². The highest BCUT2D eigenvalue weighted by molar-refractivity contribution is 6.29. The topological polar surface area (TPSA) is 75.1 Å². The number of pyridine rings is 1. The molecule has 4 rings (SSSR count). The van der Waals surface area contributed by atoms with E-state index in [0.717, 1.165) is 18.8 Å². The molecule has 0 saturated heterocycles. The van der Waals surface area contributed by atoms with Crippen LogP contribution in [-0.4, -0.2) is 45.1 Å². The zero-order valence-corrected chi connectivity index (χ0v) is 20.4. The zero-order valence-electron chi connectivity index (χ0n) is 19.7. The lowest BCUT2D eigenvalue weighted by atomic mass is 10.0. The van der Waals surface area contributed by atoms with E-state index in [1.54, 1.807) is 10.8 Å². The molecule has 0 radical (unpaired) electrons. The molecular weight excluding hydrogens is 448 g/mol. The number of fused-ring (bicyclic) bond motifs is 1. The molecule has 3 heterocycles. The van der Waals surface area contributed by atoms with Gasteiger partial charge < -0.3 is 15.5 Å². The second-order valence-electron chi connectivity index (χ2n) is 8.35. The number of halogens is 1. The van der Waals surface area contributed by atoms with Crippen molar-refractivity contribution in [2.45, 2.75) is 39.4 Å². The number of aromatic nitrogens is 3. The predicted molar refractivity (Wildman–Crippen MR) is 138 cm³/mol. The van der Waals surface area contributed by atoms with E-state index in [4.69, 9.17) is 11.6 Å². The van der Waals surface area contributed by atoms with Crippen LogP contribution in [0.15, 0.2) is 53.6 Å². The molecular formula is C26H31ClN6O. The van der Waals surface area contributed by atoms with Crippen LogP contribution in [0.25, 0.3) is 12.3 Å². The summed E-state index contributed by atoms with van der Waals surface area (Å²) in [7, 11) is 0. The van der Waals surface area contributed by atoms with Crippen molar-refractivity contribution in [1.29, 1.82) is 0 Å². The number of nitrogens with zero attached hydrogens (tertiary/aromatic N) is 4. The normalized spacial score (nSPS) is 14.8. The molecule has 1 atom stereocenters. The lowest BCUT2D eigenvalue weighted by Gasteiger charge is -2.27. The smallest absolute Gasteiger partial charge is 0.294 e. The molecule has 2 aromatic heterocycles. The van der Waals surface area contributed by atoms with Gasteiger partial charge in [0.1, 0.15) is 5.15 Å². The van der Waals surface area contributed by atoms with Crippen molar-refractivity contribution in [2.24, 2.45) is 0 Å². The number of benzene rings is 1. The molecule has 1 aliphatic rings. The number of rotatable bonds is 10. The van der Waals surface area contributed by atoms with Gasteiger partial charge in [-0.2, -0.15) is 0 Å². The standard InChI is InChI=1S/C26H31ClN6O/c1-3-32-18-21-8-6-7-20(23(21)15-19(32)2)16-28-13-14-33-24(27)17-31-25(26(33)34)30-12-10-22-9-4-5-11-29-22/h4-9,11,15,17-19,28H,3,10,12-14,16H2,1-2H3,(H,30,31)/t19-/m0/s1. The SMILES string of the molecule is CCN1C=c2cccc(CNCCn3c(Cl)cnc(NCCc4ccccn4)c3=O)c2=C[C@@H]1C. The summed E-state index contributed by atoms with van der Waals surface area (Å²) in [5.74, 6) is 0.303. The summed E-state index contributed by atoms with van der Waals surface area (Å²) in [5.41, 5.74) is 1.99. The van der Waals surface area contributed by atoms with Gasteiger partial charge >= 0.3 is 0 Å². The molecule has 0 unspecified atom stereocenters. The summed E-state index contributed by atoms with van der Waals surface area (Å²) in [6, 6.07) is 12.6. The number of nitrogens with one attached hydrogen (secondary N) is 2. The van der Waals surface area contributed by atoms with Crippen LogP contribution in [0.4, 0.5) is 5.82 Å². The van der Waals surface area contributed by atoms with Gasteiger partial charge in [0, 0.05) is 63.3 Å². The maximum absolute atomic E-state index is 12.9. The highest BCUT2D eigenvalue weighted by atomic mass is 35.5. The van der Waals surface area contributed by atoms with Crippen molar-refractivity contribution in [3.63, 3.8) is 0 Å². The predicted octanol–water partition coefficient (Wildman–Crippen LogP) is 1.98. The van der Waals surface area contributed by atoms with Gasteiger partial charge in [0.2, 0.25) is 0 Å². The summed E-state index contributed by atoms with van der Waals surface area (Å²) in [6.07, 6.45) is 8.55. The summed E-state index contributed by atoms with van der Waals surface area (Å²) >= 11 is 6.29. The summed E-state index contributed by atoms with van der Waals surface area (Å²) < 4.78 is 1.55. The lowest BCUT2D eigenvalue weighted by molar-refractivity contribution is 0.399. The maximum Gasteiger partial charge on any atom is 0.294 e. The minimum absolute atomic E-state index is 0.219. The van der Waals surface area contributed by atoms with Crippen LogP contribution in [-0.2, 0) is 19.5 Å². The molecule has 0 fully saturated rings. The molecule has 8 heteroatoms. The summed E-state index contributed by atoms with van der Waals surface area (Å²) in [5, 5.41) is 9.44. The fourth-order valence-corrected chi connectivity index (χ4v) is 4.39.